The maximum atomic E-state index is 12.9. The van der Waals surface area contributed by atoms with Crippen LogP contribution in [0.4, 0.5) is 26.3 Å². The van der Waals surface area contributed by atoms with Crippen molar-refractivity contribution in [1.82, 2.24) is 19.8 Å². The van der Waals surface area contributed by atoms with Gasteiger partial charge in [-0.05, 0) is 42.8 Å². The van der Waals surface area contributed by atoms with E-state index >= 15 is 0 Å². The zero-order valence-corrected chi connectivity index (χ0v) is 12.4. The minimum absolute atomic E-state index is 0.107. The molecule has 0 saturated carbocycles. The lowest BCUT2D eigenvalue weighted by Crippen LogP contribution is -2.17. The predicted octanol–water partition coefficient (Wildman–Crippen LogP) is 4.02. The van der Waals surface area contributed by atoms with Gasteiger partial charge in [0.1, 0.15) is 5.75 Å². The highest BCUT2D eigenvalue weighted by Crippen LogP contribution is 2.31. The van der Waals surface area contributed by atoms with E-state index in [0.717, 1.165) is 6.07 Å². The van der Waals surface area contributed by atoms with Crippen LogP contribution in [0.25, 0.3) is 16.9 Å². The van der Waals surface area contributed by atoms with Crippen LogP contribution in [0.15, 0.2) is 30.3 Å². The van der Waals surface area contributed by atoms with Gasteiger partial charge in [-0.2, -0.15) is 22.8 Å². The molecular formula is C14H8F6N4O. The van der Waals surface area contributed by atoms with Crippen molar-refractivity contribution >= 4 is 5.65 Å². The fourth-order valence-corrected chi connectivity index (χ4v) is 2.17. The minimum Gasteiger partial charge on any atom is -0.406 e. The number of ether oxygens (including phenoxy) is 1. The summed E-state index contributed by atoms with van der Waals surface area (Å²) in [5.74, 6) is -1.70. The minimum atomic E-state index is -4.84. The first-order chi connectivity index (χ1) is 11.5. The lowest BCUT2D eigenvalue weighted by atomic mass is 10.1. The van der Waals surface area contributed by atoms with Crippen LogP contribution >= 0.6 is 0 Å². The molecule has 0 N–H and O–H groups in total. The normalized spacial score (nSPS) is 12.6. The van der Waals surface area contributed by atoms with Gasteiger partial charge in [0.05, 0.1) is 5.69 Å². The van der Waals surface area contributed by atoms with E-state index in [4.69, 9.17) is 0 Å². The van der Waals surface area contributed by atoms with E-state index in [-0.39, 0.29) is 16.9 Å². The largest absolute Gasteiger partial charge is 0.573 e. The molecule has 0 atom stereocenters. The van der Waals surface area contributed by atoms with Crippen molar-refractivity contribution in [3.63, 3.8) is 0 Å². The number of halogens is 6. The summed E-state index contributed by atoms with van der Waals surface area (Å²) in [7, 11) is 0. The molecular weight excluding hydrogens is 354 g/mol. The maximum absolute atomic E-state index is 12.9. The SMILES string of the molecule is Cc1cc(-c2ccc3nnc(C(F)(F)F)n3n2)ccc1OC(F)(F)F. The van der Waals surface area contributed by atoms with Crippen LogP contribution in [0, 0.1) is 6.92 Å². The zero-order valence-electron chi connectivity index (χ0n) is 12.4. The summed E-state index contributed by atoms with van der Waals surface area (Å²) in [5.41, 5.74) is 0.469. The van der Waals surface area contributed by atoms with Crippen molar-refractivity contribution in [3.05, 3.63) is 41.7 Å². The summed E-state index contributed by atoms with van der Waals surface area (Å²) >= 11 is 0. The number of fused-ring (bicyclic) bond motifs is 1. The van der Waals surface area contributed by atoms with Crippen LogP contribution in [-0.4, -0.2) is 26.2 Å². The van der Waals surface area contributed by atoms with Gasteiger partial charge >= 0.3 is 12.5 Å². The van der Waals surface area contributed by atoms with Crippen molar-refractivity contribution < 1.29 is 31.1 Å². The molecule has 5 nitrogen and oxygen atoms in total. The fraction of sp³-hybridized carbons (Fsp3) is 0.214. The standard InChI is InChI=1S/C14H8F6N4O/c1-7-6-8(2-4-10(7)25-14(18,19)20)9-3-5-11-21-22-12(13(15,16)17)24(11)23-9/h2-6H,1H3. The molecule has 25 heavy (non-hydrogen) atoms. The second-order valence-electron chi connectivity index (χ2n) is 5.04. The quantitative estimate of drug-likeness (QED) is 0.647. The smallest absolute Gasteiger partial charge is 0.406 e. The van der Waals surface area contributed by atoms with E-state index in [1.165, 1.54) is 31.2 Å². The molecule has 2 heterocycles. The Hall–Kier alpha value is -2.85. The number of hydrogen-bond donors (Lipinski definition) is 0. The Kier molecular flexibility index (Phi) is 3.81. The molecule has 1 aromatic carbocycles. The molecule has 0 fully saturated rings. The molecule has 0 saturated heterocycles. The average Bonchev–Trinajstić information content (AvgIpc) is 2.91. The van der Waals surface area contributed by atoms with Crippen LogP contribution in [0.1, 0.15) is 11.4 Å². The van der Waals surface area contributed by atoms with Crippen LogP contribution in [0.3, 0.4) is 0 Å². The molecule has 132 valence electrons. The third-order valence-electron chi connectivity index (χ3n) is 3.21. The number of aryl methyl sites for hydroxylation is 1. The van der Waals surface area contributed by atoms with E-state index in [0.29, 0.717) is 10.1 Å². The van der Waals surface area contributed by atoms with Gasteiger partial charge in [0.2, 0.25) is 0 Å². The van der Waals surface area contributed by atoms with E-state index in [2.05, 4.69) is 20.0 Å². The highest BCUT2D eigenvalue weighted by Gasteiger charge is 2.37. The third-order valence-corrected chi connectivity index (χ3v) is 3.21. The van der Waals surface area contributed by atoms with Gasteiger partial charge in [0, 0.05) is 5.56 Å². The number of aromatic nitrogens is 4. The van der Waals surface area contributed by atoms with Crippen molar-refractivity contribution in [3.8, 4) is 17.0 Å². The van der Waals surface area contributed by atoms with Gasteiger partial charge in [-0.3, -0.25) is 0 Å². The molecule has 3 rings (SSSR count). The molecule has 0 aliphatic heterocycles. The molecule has 0 amide bonds. The molecule has 0 radical (unpaired) electrons. The van der Waals surface area contributed by atoms with E-state index in [1.54, 1.807) is 0 Å². The van der Waals surface area contributed by atoms with Gasteiger partial charge in [-0.15, -0.1) is 23.4 Å². The zero-order chi connectivity index (χ0) is 18.4. The van der Waals surface area contributed by atoms with Crippen LogP contribution in [0.5, 0.6) is 5.75 Å². The van der Waals surface area contributed by atoms with Crippen molar-refractivity contribution in [2.45, 2.75) is 19.5 Å². The molecule has 3 aromatic rings. The number of alkyl halides is 6. The van der Waals surface area contributed by atoms with Crippen molar-refractivity contribution in [1.29, 1.82) is 0 Å². The average molecular weight is 362 g/mol. The highest BCUT2D eigenvalue weighted by molar-refractivity contribution is 5.62. The first kappa shape index (κ1) is 17.0. The van der Waals surface area contributed by atoms with E-state index in [1.807, 2.05) is 0 Å². The summed E-state index contributed by atoms with van der Waals surface area (Å²) in [4.78, 5) is 0. The van der Waals surface area contributed by atoms with E-state index < -0.39 is 24.1 Å². The lowest BCUT2D eigenvalue weighted by Gasteiger charge is -2.12. The van der Waals surface area contributed by atoms with Crippen molar-refractivity contribution in [2.24, 2.45) is 0 Å². The summed E-state index contributed by atoms with van der Waals surface area (Å²) < 4.78 is 79.8. The molecule has 0 aliphatic rings. The van der Waals surface area contributed by atoms with Crippen LogP contribution < -0.4 is 4.74 Å². The summed E-state index contributed by atoms with van der Waals surface area (Å²) in [5, 5.41) is 10.3. The molecule has 0 aliphatic carbocycles. The summed E-state index contributed by atoms with van der Waals surface area (Å²) in [6.07, 6.45) is -9.58. The predicted molar refractivity (Wildman–Crippen MR) is 72.6 cm³/mol. The van der Waals surface area contributed by atoms with Gasteiger partial charge in [-0.25, -0.2) is 0 Å². The highest BCUT2D eigenvalue weighted by atomic mass is 19.4. The number of hydrogen-bond acceptors (Lipinski definition) is 4. The first-order valence-corrected chi connectivity index (χ1v) is 6.71. The van der Waals surface area contributed by atoms with Gasteiger partial charge < -0.3 is 4.74 Å². The topological polar surface area (TPSA) is 52.3 Å². The Bertz CT molecular complexity index is 931. The van der Waals surface area contributed by atoms with E-state index in [9.17, 15) is 26.3 Å². The third kappa shape index (κ3) is 3.49. The number of rotatable bonds is 2. The van der Waals surface area contributed by atoms with Gasteiger partial charge in [0.25, 0.3) is 5.82 Å². The monoisotopic (exact) mass is 362 g/mol. The Morgan fingerprint density at radius 3 is 2.28 bits per heavy atom. The molecule has 0 spiro atoms. The Morgan fingerprint density at radius 1 is 0.960 bits per heavy atom. The maximum Gasteiger partial charge on any atom is 0.573 e. The Morgan fingerprint density at radius 2 is 1.68 bits per heavy atom. The van der Waals surface area contributed by atoms with Crippen molar-refractivity contribution in [2.75, 3.05) is 0 Å². The number of benzene rings is 1. The Balaban J connectivity index is 2.03. The van der Waals surface area contributed by atoms with Gasteiger partial charge in [-0.1, -0.05) is 0 Å². The summed E-state index contributed by atoms with van der Waals surface area (Å²) in [6.45, 7) is 1.38. The second-order valence-corrected chi connectivity index (χ2v) is 5.04. The molecule has 2 aromatic heterocycles. The lowest BCUT2D eigenvalue weighted by molar-refractivity contribution is -0.274. The van der Waals surface area contributed by atoms with Crippen LogP contribution in [0.2, 0.25) is 0 Å². The fourth-order valence-electron chi connectivity index (χ4n) is 2.17. The molecule has 0 bridgehead atoms. The molecule has 11 heteroatoms. The first-order valence-electron chi connectivity index (χ1n) is 6.71. The Labute approximate surface area is 135 Å². The van der Waals surface area contributed by atoms with Crippen LogP contribution in [-0.2, 0) is 6.18 Å². The molecule has 0 unspecified atom stereocenters. The van der Waals surface area contributed by atoms with Gasteiger partial charge in [0.15, 0.2) is 5.65 Å². The number of nitrogens with zero attached hydrogens (tertiary/aromatic N) is 4. The second kappa shape index (κ2) is 5.60. The summed E-state index contributed by atoms with van der Waals surface area (Å²) in [6, 6.07) is 6.33.